The van der Waals surface area contributed by atoms with Crippen molar-refractivity contribution in [2.75, 3.05) is 20.7 Å². The minimum atomic E-state index is -0.161. The maximum Gasteiger partial charge on any atom is 0.125 e. The van der Waals surface area contributed by atoms with Gasteiger partial charge in [-0.2, -0.15) is 0 Å². The first kappa shape index (κ1) is 18.5. The van der Waals surface area contributed by atoms with Crippen LogP contribution in [0.25, 0.3) is 11.1 Å². The molecule has 0 aliphatic heterocycles. The first-order valence-electron chi connectivity index (χ1n) is 9.53. The van der Waals surface area contributed by atoms with Crippen molar-refractivity contribution in [1.82, 2.24) is 4.90 Å². The van der Waals surface area contributed by atoms with Crippen LogP contribution in [0.1, 0.15) is 37.8 Å². The fourth-order valence-corrected chi connectivity index (χ4v) is 4.02. The van der Waals surface area contributed by atoms with Gasteiger partial charge in [-0.15, -0.1) is 0 Å². The van der Waals surface area contributed by atoms with Crippen molar-refractivity contribution < 1.29 is 4.74 Å². The van der Waals surface area contributed by atoms with Crippen LogP contribution in [0.15, 0.2) is 72.5 Å². The van der Waals surface area contributed by atoms with Gasteiger partial charge in [0.2, 0.25) is 0 Å². The second kappa shape index (κ2) is 7.92. The van der Waals surface area contributed by atoms with Gasteiger partial charge in [0.25, 0.3) is 0 Å². The molecule has 2 nitrogen and oxygen atoms in total. The molecule has 0 heterocycles. The summed E-state index contributed by atoms with van der Waals surface area (Å²) in [7, 11) is 4.35. The van der Waals surface area contributed by atoms with Crippen molar-refractivity contribution in [3.63, 3.8) is 0 Å². The molecule has 0 fully saturated rings. The molecule has 0 saturated carbocycles. The highest BCUT2D eigenvalue weighted by Gasteiger charge is 2.43. The van der Waals surface area contributed by atoms with Crippen molar-refractivity contribution in [2.24, 2.45) is 0 Å². The second-order valence-corrected chi connectivity index (χ2v) is 6.99. The number of hydrogen-bond acceptors (Lipinski definition) is 2. The van der Waals surface area contributed by atoms with E-state index in [1.165, 1.54) is 22.3 Å². The zero-order valence-electron chi connectivity index (χ0n) is 16.3. The highest BCUT2D eigenvalue weighted by molar-refractivity contribution is 6.05. The van der Waals surface area contributed by atoms with E-state index in [0.29, 0.717) is 6.61 Å². The highest BCUT2D eigenvalue weighted by Crippen LogP contribution is 2.50. The third-order valence-electron chi connectivity index (χ3n) is 5.15. The highest BCUT2D eigenvalue weighted by atomic mass is 16.5. The molecule has 1 aliphatic rings. The number of benzene rings is 2. The predicted molar refractivity (Wildman–Crippen MR) is 111 cm³/mol. The Hall–Kier alpha value is -2.32. The molecule has 26 heavy (non-hydrogen) atoms. The molecule has 1 aliphatic carbocycles. The summed E-state index contributed by atoms with van der Waals surface area (Å²) in [5.74, 6) is 1.000. The lowest BCUT2D eigenvalue weighted by Crippen LogP contribution is -2.42. The summed E-state index contributed by atoms with van der Waals surface area (Å²) in [6.07, 6.45) is 4.49. The van der Waals surface area contributed by atoms with E-state index in [4.69, 9.17) is 4.74 Å². The Bertz CT molecular complexity index is 789. The van der Waals surface area contributed by atoms with Gasteiger partial charge in [-0.1, -0.05) is 74.0 Å². The Kier molecular flexibility index (Phi) is 5.63. The lowest BCUT2D eigenvalue weighted by atomic mass is 9.80. The van der Waals surface area contributed by atoms with Gasteiger partial charge >= 0.3 is 0 Å². The third kappa shape index (κ3) is 3.22. The molecule has 2 aromatic carbocycles. The van der Waals surface area contributed by atoms with Gasteiger partial charge in [0.05, 0.1) is 12.1 Å². The van der Waals surface area contributed by atoms with Crippen LogP contribution in [0.5, 0.6) is 0 Å². The van der Waals surface area contributed by atoms with Crippen LogP contribution in [0.4, 0.5) is 0 Å². The van der Waals surface area contributed by atoms with Crippen LogP contribution < -0.4 is 0 Å². The Labute approximate surface area is 157 Å². The van der Waals surface area contributed by atoms with E-state index in [2.05, 4.69) is 99.6 Å². The maximum absolute atomic E-state index is 6.15. The van der Waals surface area contributed by atoms with Crippen LogP contribution in [0.2, 0.25) is 0 Å². The first-order valence-corrected chi connectivity index (χ1v) is 9.53. The largest absolute Gasteiger partial charge is 0.493 e. The summed E-state index contributed by atoms with van der Waals surface area (Å²) in [5.41, 5.74) is 4.89. The van der Waals surface area contributed by atoms with Crippen LogP contribution >= 0.6 is 0 Å². The molecule has 2 aromatic rings. The van der Waals surface area contributed by atoms with E-state index in [1.807, 2.05) is 0 Å². The van der Waals surface area contributed by atoms with E-state index >= 15 is 0 Å². The zero-order valence-corrected chi connectivity index (χ0v) is 16.3. The second-order valence-electron chi connectivity index (χ2n) is 6.99. The van der Waals surface area contributed by atoms with E-state index in [-0.39, 0.29) is 5.54 Å². The van der Waals surface area contributed by atoms with Gasteiger partial charge in [0, 0.05) is 5.57 Å². The average Bonchev–Trinajstić information content (AvgIpc) is 2.99. The number of hydrogen-bond donors (Lipinski definition) is 0. The lowest BCUT2D eigenvalue weighted by Gasteiger charge is -2.38. The van der Waals surface area contributed by atoms with Gasteiger partial charge in [-0.3, -0.25) is 4.90 Å². The number of nitrogens with zero attached hydrogens (tertiary/aromatic N) is 1. The Morgan fingerprint density at radius 3 is 1.92 bits per heavy atom. The number of rotatable bonds is 7. The molecule has 0 bridgehead atoms. The summed E-state index contributed by atoms with van der Waals surface area (Å²) in [4.78, 5) is 2.34. The molecule has 0 spiro atoms. The molecule has 0 saturated heterocycles. The number of likely N-dealkylation sites (N-methyl/N-ethyl adjacent to an activating group) is 1. The number of ether oxygens (including phenoxy) is 1. The van der Waals surface area contributed by atoms with Crippen molar-refractivity contribution in [3.8, 4) is 0 Å². The SMILES string of the molecule is CCCC1(N(C)C)C=C(OCC)C(c2ccccc2)=C1c1ccccc1. The van der Waals surface area contributed by atoms with Crippen molar-refractivity contribution in [3.05, 3.63) is 83.6 Å². The molecule has 0 radical (unpaired) electrons. The van der Waals surface area contributed by atoms with Gasteiger partial charge in [-0.25, -0.2) is 0 Å². The van der Waals surface area contributed by atoms with Gasteiger partial charge in [0.1, 0.15) is 5.76 Å². The Morgan fingerprint density at radius 1 is 0.846 bits per heavy atom. The van der Waals surface area contributed by atoms with E-state index < -0.39 is 0 Å². The molecule has 136 valence electrons. The summed E-state index contributed by atoms with van der Waals surface area (Å²) in [5, 5.41) is 0. The van der Waals surface area contributed by atoms with E-state index in [0.717, 1.165) is 18.6 Å². The third-order valence-corrected chi connectivity index (χ3v) is 5.15. The van der Waals surface area contributed by atoms with Gasteiger partial charge < -0.3 is 4.74 Å². The molecule has 0 aromatic heterocycles. The zero-order chi connectivity index (χ0) is 18.6. The molecule has 2 heteroatoms. The summed E-state index contributed by atoms with van der Waals surface area (Å²) in [6, 6.07) is 21.4. The van der Waals surface area contributed by atoms with E-state index in [1.54, 1.807) is 0 Å². The molecular weight excluding hydrogens is 318 g/mol. The fourth-order valence-electron chi connectivity index (χ4n) is 4.02. The molecule has 0 N–H and O–H groups in total. The summed E-state index contributed by atoms with van der Waals surface area (Å²) < 4.78 is 6.15. The van der Waals surface area contributed by atoms with Gasteiger partial charge in [-0.05, 0) is 50.2 Å². The normalized spacial score (nSPS) is 19.8. The maximum atomic E-state index is 6.15. The molecule has 0 amide bonds. The summed E-state index contributed by atoms with van der Waals surface area (Å²) >= 11 is 0. The minimum absolute atomic E-state index is 0.161. The predicted octanol–water partition coefficient (Wildman–Crippen LogP) is 5.63. The average molecular weight is 348 g/mol. The Balaban J connectivity index is 2.33. The van der Waals surface area contributed by atoms with Crippen molar-refractivity contribution in [2.45, 2.75) is 32.2 Å². The molecule has 1 atom stereocenters. The summed E-state index contributed by atoms with van der Waals surface area (Å²) in [6.45, 7) is 4.98. The minimum Gasteiger partial charge on any atom is -0.493 e. The van der Waals surface area contributed by atoms with Crippen molar-refractivity contribution >= 4 is 11.1 Å². The monoisotopic (exact) mass is 347 g/mol. The smallest absolute Gasteiger partial charge is 0.125 e. The molecular formula is C24H29NO. The quantitative estimate of drug-likeness (QED) is 0.643. The van der Waals surface area contributed by atoms with Crippen LogP contribution in [-0.2, 0) is 4.74 Å². The Morgan fingerprint density at radius 2 is 1.42 bits per heavy atom. The van der Waals surface area contributed by atoms with Crippen LogP contribution in [0, 0.1) is 0 Å². The topological polar surface area (TPSA) is 12.5 Å². The number of allylic oxidation sites excluding steroid dienone is 1. The first-order chi connectivity index (χ1) is 12.6. The van der Waals surface area contributed by atoms with Crippen LogP contribution in [-0.4, -0.2) is 31.1 Å². The fraction of sp³-hybridized carbons (Fsp3) is 0.333. The molecule has 1 unspecified atom stereocenters. The van der Waals surface area contributed by atoms with E-state index in [9.17, 15) is 0 Å². The van der Waals surface area contributed by atoms with Gasteiger partial charge in [0.15, 0.2) is 0 Å². The van der Waals surface area contributed by atoms with Crippen molar-refractivity contribution in [1.29, 1.82) is 0 Å². The van der Waals surface area contributed by atoms with Crippen LogP contribution in [0.3, 0.4) is 0 Å². The standard InChI is InChI=1S/C24H29NO/c1-5-17-24(25(3)4)18-21(26-6-2)22(19-13-9-7-10-14-19)23(24)20-15-11-8-12-16-20/h7-16,18H,5-6,17H2,1-4H3. The lowest BCUT2D eigenvalue weighted by molar-refractivity contribution is 0.228. The molecule has 3 rings (SSSR count).